The van der Waals surface area contributed by atoms with E-state index < -0.39 is 36.7 Å². The molecule has 6 heteroatoms. The van der Waals surface area contributed by atoms with Gasteiger partial charge in [-0.1, -0.05) is 30.3 Å². The van der Waals surface area contributed by atoms with Gasteiger partial charge in [-0.15, -0.1) is 0 Å². The number of esters is 1. The van der Waals surface area contributed by atoms with Gasteiger partial charge in [-0.05, 0) is 5.56 Å². The van der Waals surface area contributed by atoms with Crippen LogP contribution in [0, 0.1) is 0 Å². The van der Waals surface area contributed by atoms with Crippen LogP contribution in [-0.2, 0) is 25.7 Å². The number of carbonyl (C=O) groups excluding carboxylic acids is 2. The monoisotopic (exact) mass is 266 g/mol. The van der Waals surface area contributed by atoms with Crippen molar-refractivity contribution in [1.29, 1.82) is 0 Å². The SMILES string of the molecule is O=C1O[C@H]([C@@H](O)CO)C(OCc2ccccc2)C1=O. The number of hydrogen-bond acceptors (Lipinski definition) is 6. The molecule has 0 aliphatic carbocycles. The van der Waals surface area contributed by atoms with Crippen molar-refractivity contribution in [3.63, 3.8) is 0 Å². The Morgan fingerprint density at radius 2 is 1.95 bits per heavy atom. The summed E-state index contributed by atoms with van der Waals surface area (Å²) in [6, 6.07) is 9.09. The Kier molecular flexibility index (Phi) is 4.26. The summed E-state index contributed by atoms with van der Waals surface area (Å²) in [7, 11) is 0. The van der Waals surface area contributed by atoms with E-state index in [0.717, 1.165) is 5.56 Å². The van der Waals surface area contributed by atoms with Crippen LogP contribution in [0.1, 0.15) is 5.56 Å². The number of hydrogen-bond donors (Lipinski definition) is 2. The second-order valence-corrected chi connectivity index (χ2v) is 4.20. The predicted molar refractivity (Wildman–Crippen MR) is 63.0 cm³/mol. The average Bonchev–Trinajstić information content (AvgIpc) is 2.73. The van der Waals surface area contributed by atoms with Crippen molar-refractivity contribution in [3.05, 3.63) is 35.9 Å². The van der Waals surface area contributed by atoms with Crippen molar-refractivity contribution >= 4 is 11.8 Å². The summed E-state index contributed by atoms with van der Waals surface area (Å²) in [5.74, 6) is -1.89. The molecule has 19 heavy (non-hydrogen) atoms. The van der Waals surface area contributed by atoms with Gasteiger partial charge in [-0.25, -0.2) is 4.79 Å². The molecular weight excluding hydrogens is 252 g/mol. The Morgan fingerprint density at radius 1 is 1.26 bits per heavy atom. The zero-order valence-corrected chi connectivity index (χ0v) is 10.1. The van der Waals surface area contributed by atoms with Crippen LogP contribution in [0.15, 0.2) is 30.3 Å². The maximum absolute atomic E-state index is 11.6. The molecule has 3 atom stereocenters. The Balaban J connectivity index is 2.03. The number of Topliss-reactive ketones (excluding diaryl/α,β-unsaturated/α-hetero) is 1. The number of ether oxygens (including phenoxy) is 2. The van der Waals surface area contributed by atoms with E-state index in [1.807, 2.05) is 18.2 Å². The van der Waals surface area contributed by atoms with Crippen LogP contribution in [0.4, 0.5) is 0 Å². The van der Waals surface area contributed by atoms with Crippen molar-refractivity contribution < 1.29 is 29.3 Å². The molecule has 1 heterocycles. The van der Waals surface area contributed by atoms with E-state index in [1.165, 1.54) is 0 Å². The molecule has 0 saturated carbocycles. The van der Waals surface area contributed by atoms with Gasteiger partial charge in [0.05, 0.1) is 13.2 Å². The molecule has 1 aliphatic rings. The van der Waals surface area contributed by atoms with Gasteiger partial charge in [-0.3, -0.25) is 4.79 Å². The van der Waals surface area contributed by atoms with Gasteiger partial charge >= 0.3 is 5.97 Å². The molecule has 2 rings (SSSR count). The molecule has 1 fully saturated rings. The number of carbonyl (C=O) groups is 2. The zero-order chi connectivity index (χ0) is 13.8. The van der Waals surface area contributed by atoms with Crippen molar-refractivity contribution in [2.24, 2.45) is 0 Å². The molecule has 1 saturated heterocycles. The first-order chi connectivity index (χ1) is 9.13. The maximum atomic E-state index is 11.6. The lowest BCUT2D eigenvalue weighted by atomic mass is 10.1. The fourth-order valence-electron chi connectivity index (χ4n) is 1.82. The van der Waals surface area contributed by atoms with E-state index in [1.54, 1.807) is 12.1 Å². The van der Waals surface area contributed by atoms with Crippen molar-refractivity contribution in [2.75, 3.05) is 6.61 Å². The minimum absolute atomic E-state index is 0.114. The van der Waals surface area contributed by atoms with Crippen LogP contribution in [0.25, 0.3) is 0 Å². The topological polar surface area (TPSA) is 93.1 Å². The molecule has 1 unspecified atom stereocenters. The largest absolute Gasteiger partial charge is 0.450 e. The fraction of sp³-hybridized carbons (Fsp3) is 0.385. The van der Waals surface area contributed by atoms with Crippen molar-refractivity contribution in [1.82, 2.24) is 0 Å². The van der Waals surface area contributed by atoms with E-state index in [9.17, 15) is 14.7 Å². The summed E-state index contributed by atoms with van der Waals surface area (Å²) in [6.07, 6.45) is -3.68. The first kappa shape index (κ1) is 13.7. The van der Waals surface area contributed by atoms with Crippen LogP contribution in [0.3, 0.4) is 0 Å². The first-order valence-electron chi connectivity index (χ1n) is 5.82. The highest BCUT2D eigenvalue weighted by Gasteiger charge is 2.47. The molecule has 2 N–H and O–H groups in total. The Morgan fingerprint density at radius 3 is 2.58 bits per heavy atom. The third-order valence-electron chi connectivity index (χ3n) is 2.84. The molecule has 0 amide bonds. The minimum atomic E-state index is -1.34. The number of benzene rings is 1. The van der Waals surface area contributed by atoms with Gasteiger partial charge in [0.2, 0.25) is 0 Å². The molecule has 0 bridgehead atoms. The molecule has 0 radical (unpaired) electrons. The van der Waals surface area contributed by atoms with E-state index >= 15 is 0 Å². The van der Waals surface area contributed by atoms with Gasteiger partial charge in [0.15, 0.2) is 12.2 Å². The molecule has 102 valence electrons. The molecule has 1 aromatic rings. The van der Waals surface area contributed by atoms with Gasteiger partial charge < -0.3 is 19.7 Å². The lowest BCUT2D eigenvalue weighted by molar-refractivity contribution is -0.152. The van der Waals surface area contributed by atoms with Crippen LogP contribution in [0.5, 0.6) is 0 Å². The Hall–Kier alpha value is -1.76. The lowest BCUT2D eigenvalue weighted by Gasteiger charge is -2.20. The summed E-state index contributed by atoms with van der Waals surface area (Å²) in [6.45, 7) is -0.501. The zero-order valence-electron chi connectivity index (χ0n) is 10.1. The van der Waals surface area contributed by atoms with Crippen LogP contribution >= 0.6 is 0 Å². The summed E-state index contributed by atoms with van der Waals surface area (Å²) in [5.41, 5.74) is 0.826. The molecular formula is C13H14O6. The second-order valence-electron chi connectivity index (χ2n) is 4.20. The first-order valence-corrected chi connectivity index (χ1v) is 5.82. The third-order valence-corrected chi connectivity index (χ3v) is 2.84. The number of aliphatic hydroxyl groups excluding tert-OH is 2. The second kappa shape index (κ2) is 5.92. The van der Waals surface area contributed by atoms with E-state index in [-0.39, 0.29) is 6.61 Å². The minimum Gasteiger partial charge on any atom is -0.450 e. The smallest absolute Gasteiger partial charge is 0.378 e. The third kappa shape index (κ3) is 2.98. The Bertz CT molecular complexity index is 457. The number of aliphatic hydroxyl groups is 2. The van der Waals surface area contributed by atoms with Gasteiger partial charge in [-0.2, -0.15) is 0 Å². The van der Waals surface area contributed by atoms with Gasteiger partial charge in [0, 0.05) is 0 Å². The number of cyclic esters (lactones) is 1. The maximum Gasteiger partial charge on any atom is 0.378 e. The van der Waals surface area contributed by atoms with Crippen molar-refractivity contribution in [3.8, 4) is 0 Å². The standard InChI is InChI=1S/C13H14O6/c14-6-9(15)11-12(10(16)13(17)19-11)18-7-8-4-2-1-3-5-8/h1-5,9,11-12,14-15H,6-7H2/t9-,11+,12?/m0/s1. The van der Waals surface area contributed by atoms with Gasteiger partial charge in [0.25, 0.3) is 5.78 Å². The van der Waals surface area contributed by atoms with Crippen molar-refractivity contribution in [2.45, 2.75) is 24.9 Å². The normalized spacial score (nSPS) is 24.3. The highest BCUT2D eigenvalue weighted by Crippen LogP contribution is 2.20. The summed E-state index contributed by atoms with van der Waals surface area (Å²) in [4.78, 5) is 22.7. The molecule has 1 aromatic carbocycles. The van der Waals surface area contributed by atoms with Crippen LogP contribution in [-0.4, -0.2) is 46.9 Å². The summed E-state index contributed by atoms with van der Waals surface area (Å²) < 4.78 is 10.0. The van der Waals surface area contributed by atoms with Gasteiger partial charge in [0.1, 0.15) is 6.10 Å². The van der Waals surface area contributed by atoms with Crippen LogP contribution in [0.2, 0.25) is 0 Å². The summed E-state index contributed by atoms with van der Waals surface area (Å²) >= 11 is 0. The summed E-state index contributed by atoms with van der Waals surface area (Å²) in [5, 5.41) is 18.4. The van der Waals surface area contributed by atoms with E-state index in [0.29, 0.717) is 0 Å². The van der Waals surface area contributed by atoms with Crippen LogP contribution < -0.4 is 0 Å². The quantitative estimate of drug-likeness (QED) is 0.547. The molecule has 0 spiro atoms. The number of rotatable bonds is 5. The predicted octanol–water partition coefficient (Wildman–Crippen LogP) is -0.581. The fourth-order valence-corrected chi connectivity index (χ4v) is 1.82. The molecule has 6 nitrogen and oxygen atoms in total. The van der Waals surface area contributed by atoms with E-state index in [2.05, 4.69) is 0 Å². The highest BCUT2D eigenvalue weighted by atomic mass is 16.6. The van der Waals surface area contributed by atoms with E-state index in [4.69, 9.17) is 14.6 Å². The highest BCUT2D eigenvalue weighted by molar-refractivity contribution is 6.37. The molecule has 0 aromatic heterocycles. The lowest BCUT2D eigenvalue weighted by Crippen LogP contribution is -2.40. The average molecular weight is 266 g/mol. The number of ketones is 1. The molecule has 1 aliphatic heterocycles. The Labute approximate surface area is 109 Å².